The SMILES string of the molecule is C1CC1.CC.CCOC(=O)CN1CCOCC1=O.Clc1ccccc1.Clc1ccccc1. The van der Waals surface area contributed by atoms with Crippen molar-refractivity contribution in [2.75, 3.05) is 32.9 Å². The Balaban J connectivity index is 0.000000428. The first-order chi connectivity index (χ1) is 15.5. The van der Waals surface area contributed by atoms with Crippen molar-refractivity contribution in [2.45, 2.75) is 40.0 Å². The molecule has 1 aliphatic heterocycles. The van der Waals surface area contributed by atoms with Crippen molar-refractivity contribution in [1.29, 1.82) is 0 Å². The van der Waals surface area contributed by atoms with E-state index < -0.39 is 0 Å². The van der Waals surface area contributed by atoms with Gasteiger partial charge < -0.3 is 14.4 Å². The number of carbonyl (C=O) groups excluding carboxylic acids is 2. The third kappa shape index (κ3) is 18.7. The summed E-state index contributed by atoms with van der Waals surface area (Å²) in [6.07, 6.45) is 4.50. The molecule has 2 aliphatic rings. The lowest BCUT2D eigenvalue weighted by molar-refractivity contribution is -0.154. The molecule has 0 aromatic heterocycles. The Bertz CT molecular complexity index is 672. The van der Waals surface area contributed by atoms with Gasteiger partial charge in [-0.05, 0) is 31.2 Å². The molecule has 1 heterocycles. The summed E-state index contributed by atoms with van der Waals surface area (Å²) in [4.78, 5) is 23.6. The van der Waals surface area contributed by atoms with Gasteiger partial charge in [0.05, 0.1) is 13.2 Å². The number of carbonyl (C=O) groups is 2. The molecular weight excluding hydrogens is 449 g/mol. The summed E-state index contributed by atoms with van der Waals surface area (Å²) in [6, 6.07) is 18.9. The lowest BCUT2D eigenvalue weighted by Crippen LogP contribution is -2.44. The fraction of sp³-hybridized carbons (Fsp3) is 0.440. The minimum absolute atomic E-state index is 0.0377. The van der Waals surface area contributed by atoms with E-state index in [0.29, 0.717) is 19.8 Å². The van der Waals surface area contributed by atoms with Crippen LogP contribution in [0.5, 0.6) is 0 Å². The van der Waals surface area contributed by atoms with Gasteiger partial charge in [-0.25, -0.2) is 0 Å². The highest BCUT2D eigenvalue weighted by Crippen LogP contribution is 2.14. The molecule has 7 heteroatoms. The van der Waals surface area contributed by atoms with Gasteiger partial charge in [0.2, 0.25) is 5.91 Å². The third-order valence-electron chi connectivity index (χ3n) is 3.53. The van der Waals surface area contributed by atoms with Gasteiger partial charge in [0, 0.05) is 16.6 Å². The first-order valence-electron chi connectivity index (χ1n) is 10.9. The number of halogens is 2. The van der Waals surface area contributed by atoms with E-state index in [2.05, 4.69) is 0 Å². The summed E-state index contributed by atoms with van der Waals surface area (Å²) in [7, 11) is 0. The molecule has 0 atom stereocenters. The maximum Gasteiger partial charge on any atom is 0.325 e. The van der Waals surface area contributed by atoms with Crippen LogP contribution < -0.4 is 0 Å². The van der Waals surface area contributed by atoms with E-state index in [9.17, 15) is 9.59 Å². The Labute approximate surface area is 202 Å². The standard InChI is InChI=1S/C8H13NO4.2C6H5Cl.C3H6.C2H6/c1-2-13-8(11)5-9-3-4-12-6-7(9)10;2*7-6-4-2-1-3-5-6;1-2-3-1;1-2/h2-6H2,1H3;2*1-5H;1-3H2;1-2H3. The van der Waals surface area contributed by atoms with Crippen molar-refractivity contribution >= 4 is 35.1 Å². The monoisotopic (exact) mass is 483 g/mol. The number of amides is 1. The average molecular weight is 484 g/mol. The van der Waals surface area contributed by atoms with Gasteiger partial charge >= 0.3 is 5.97 Å². The predicted molar refractivity (Wildman–Crippen MR) is 132 cm³/mol. The molecule has 32 heavy (non-hydrogen) atoms. The zero-order chi connectivity index (χ0) is 24.0. The minimum atomic E-state index is -0.363. The van der Waals surface area contributed by atoms with Crippen LogP contribution in [0.25, 0.3) is 0 Å². The Kier molecular flexibility index (Phi) is 19.5. The Morgan fingerprint density at radius 1 is 0.938 bits per heavy atom. The number of nitrogens with zero attached hydrogens (tertiary/aromatic N) is 1. The summed E-state index contributed by atoms with van der Waals surface area (Å²) in [5.74, 6) is -0.517. The van der Waals surface area contributed by atoms with Crippen molar-refractivity contribution in [1.82, 2.24) is 4.90 Å². The van der Waals surface area contributed by atoms with E-state index in [1.807, 2.05) is 74.5 Å². The highest BCUT2D eigenvalue weighted by molar-refractivity contribution is 6.30. The van der Waals surface area contributed by atoms with Crippen LogP contribution in [0.15, 0.2) is 60.7 Å². The topological polar surface area (TPSA) is 55.8 Å². The molecule has 0 spiro atoms. The second-order valence-corrected chi connectivity index (χ2v) is 7.20. The summed E-state index contributed by atoms with van der Waals surface area (Å²) in [5.41, 5.74) is 0. The number of benzene rings is 2. The summed E-state index contributed by atoms with van der Waals surface area (Å²) >= 11 is 11.1. The van der Waals surface area contributed by atoms with E-state index in [0.717, 1.165) is 10.0 Å². The molecule has 1 saturated heterocycles. The highest BCUT2D eigenvalue weighted by Gasteiger charge is 2.21. The highest BCUT2D eigenvalue weighted by atomic mass is 35.5. The minimum Gasteiger partial charge on any atom is -0.465 e. The summed E-state index contributed by atoms with van der Waals surface area (Å²) < 4.78 is 9.63. The number of esters is 1. The Morgan fingerprint density at radius 3 is 1.72 bits per heavy atom. The molecule has 178 valence electrons. The first kappa shape index (κ1) is 29.9. The summed E-state index contributed by atoms with van der Waals surface area (Å²) in [5, 5.41) is 1.59. The molecule has 0 N–H and O–H groups in total. The van der Waals surface area contributed by atoms with Crippen LogP contribution >= 0.6 is 23.2 Å². The van der Waals surface area contributed by atoms with Crippen LogP contribution in [0.2, 0.25) is 10.0 Å². The number of ether oxygens (including phenoxy) is 2. The largest absolute Gasteiger partial charge is 0.465 e. The van der Waals surface area contributed by atoms with Crippen molar-refractivity contribution in [2.24, 2.45) is 0 Å². The number of hydrogen-bond donors (Lipinski definition) is 0. The number of rotatable bonds is 3. The molecule has 2 fully saturated rings. The van der Waals surface area contributed by atoms with Gasteiger partial charge in [-0.3, -0.25) is 9.59 Å². The Morgan fingerprint density at radius 2 is 1.41 bits per heavy atom. The zero-order valence-electron chi connectivity index (χ0n) is 19.3. The maximum absolute atomic E-state index is 11.1. The van der Waals surface area contributed by atoms with Gasteiger partial charge in [-0.1, -0.05) is 92.7 Å². The quantitative estimate of drug-likeness (QED) is 0.481. The zero-order valence-corrected chi connectivity index (χ0v) is 20.8. The van der Waals surface area contributed by atoms with Crippen LogP contribution in [0.1, 0.15) is 40.0 Å². The van der Waals surface area contributed by atoms with Crippen LogP contribution in [0.3, 0.4) is 0 Å². The van der Waals surface area contributed by atoms with Crippen LogP contribution in [-0.4, -0.2) is 49.7 Å². The molecular formula is C25H35Cl2NO4. The smallest absolute Gasteiger partial charge is 0.325 e. The lowest BCUT2D eigenvalue weighted by atomic mass is 10.4. The van der Waals surface area contributed by atoms with Crippen molar-refractivity contribution < 1.29 is 19.1 Å². The number of morpholine rings is 1. The molecule has 1 saturated carbocycles. The van der Waals surface area contributed by atoms with Gasteiger partial charge in [-0.2, -0.15) is 0 Å². The average Bonchev–Trinajstić information content (AvgIpc) is 3.69. The Hall–Kier alpha value is -2.08. The van der Waals surface area contributed by atoms with Crippen molar-refractivity contribution in [3.63, 3.8) is 0 Å². The third-order valence-corrected chi connectivity index (χ3v) is 4.03. The van der Waals surface area contributed by atoms with Gasteiger partial charge in [0.25, 0.3) is 0 Å². The fourth-order valence-corrected chi connectivity index (χ4v) is 2.20. The van der Waals surface area contributed by atoms with E-state index in [-0.39, 0.29) is 25.0 Å². The molecule has 0 bridgehead atoms. The molecule has 1 amide bonds. The van der Waals surface area contributed by atoms with E-state index in [1.54, 1.807) is 6.92 Å². The maximum atomic E-state index is 11.1. The number of hydrogen-bond acceptors (Lipinski definition) is 4. The second kappa shape index (κ2) is 20.8. The normalized spacial score (nSPS) is 13.3. The molecule has 1 aliphatic carbocycles. The summed E-state index contributed by atoms with van der Waals surface area (Å²) in [6.45, 7) is 7.15. The van der Waals surface area contributed by atoms with E-state index in [4.69, 9.17) is 32.7 Å². The van der Waals surface area contributed by atoms with Crippen molar-refractivity contribution in [3.8, 4) is 0 Å². The van der Waals surface area contributed by atoms with Crippen LogP contribution in [-0.2, 0) is 19.1 Å². The molecule has 0 unspecified atom stereocenters. The van der Waals surface area contributed by atoms with E-state index >= 15 is 0 Å². The van der Waals surface area contributed by atoms with Crippen LogP contribution in [0, 0.1) is 0 Å². The fourth-order valence-electron chi connectivity index (χ4n) is 1.91. The molecule has 5 nitrogen and oxygen atoms in total. The first-order valence-corrected chi connectivity index (χ1v) is 11.7. The van der Waals surface area contributed by atoms with Gasteiger partial charge in [0.1, 0.15) is 13.2 Å². The molecule has 0 radical (unpaired) electrons. The predicted octanol–water partition coefficient (Wildman–Crippen LogP) is 6.28. The van der Waals surface area contributed by atoms with Gasteiger partial charge in [0.15, 0.2) is 0 Å². The van der Waals surface area contributed by atoms with E-state index in [1.165, 1.54) is 24.2 Å². The molecule has 2 aromatic rings. The lowest BCUT2D eigenvalue weighted by Gasteiger charge is -2.25. The second-order valence-electron chi connectivity index (χ2n) is 6.32. The van der Waals surface area contributed by atoms with Crippen molar-refractivity contribution in [3.05, 3.63) is 70.7 Å². The van der Waals surface area contributed by atoms with Crippen LogP contribution in [0.4, 0.5) is 0 Å². The molecule has 2 aromatic carbocycles. The molecule has 4 rings (SSSR count). The van der Waals surface area contributed by atoms with Gasteiger partial charge in [-0.15, -0.1) is 0 Å².